The maximum atomic E-state index is 12.8. The third-order valence-electron chi connectivity index (χ3n) is 5.05. The minimum absolute atomic E-state index is 0.0335. The van der Waals surface area contributed by atoms with Crippen molar-refractivity contribution in [3.63, 3.8) is 0 Å². The third-order valence-corrected chi connectivity index (χ3v) is 5.05. The number of amides is 2. The molecule has 2 aliphatic rings. The lowest BCUT2D eigenvalue weighted by Crippen LogP contribution is -2.45. The predicted octanol–water partition coefficient (Wildman–Crippen LogP) is 0.549. The lowest BCUT2D eigenvalue weighted by molar-refractivity contribution is -0.140. The van der Waals surface area contributed by atoms with Crippen LogP contribution in [0.25, 0.3) is 0 Å². The van der Waals surface area contributed by atoms with E-state index in [0.29, 0.717) is 45.1 Å². The van der Waals surface area contributed by atoms with Crippen LogP contribution in [0.1, 0.15) is 30.0 Å². The molecule has 3 heterocycles. The Kier molecular flexibility index (Phi) is 4.89. The molecular formula is C17H26N4O3. The molecular weight excluding hydrogens is 308 g/mol. The Hall–Kier alpha value is -1.89. The van der Waals surface area contributed by atoms with Crippen LogP contribution in [0.3, 0.4) is 0 Å². The van der Waals surface area contributed by atoms with E-state index < -0.39 is 0 Å². The zero-order valence-corrected chi connectivity index (χ0v) is 14.7. The molecule has 2 aliphatic heterocycles. The summed E-state index contributed by atoms with van der Waals surface area (Å²) in [5.41, 5.74) is 1.51. The molecule has 2 amide bonds. The molecule has 24 heavy (non-hydrogen) atoms. The summed E-state index contributed by atoms with van der Waals surface area (Å²) in [6.45, 7) is 7.68. The first-order valence-corrected chi connectivity index (χ1v) is 8.70. The van der Waals surface area contributed by atoms with Crippen LogP contribution in [0.4, 0.5) is 0 Å². The van der Waals surface area contributed by atoms with E-state index in [1.165, 1.54) is 0 Å². The van der Waals surface area contributed by atoms with Crippen LogP contribution in [0.5, 0.6) is 0 Å². The number of aryl methyl sites for hydroxylation is 2. The van der Waals surface area contributed by atoms with Crippen LogP contribution in [0, 0.1) is 11.8 Å². The van der Waals surface area contributed by atoms with E-state index in [1.807, 2.05) is 17.9 Å². The second kappa shape index (κ2) is 6.93. The third kappa shape index (κ3) is 3.17. The molecule has 0 saturated carbocycles. The number of morpholine rings is 1. The van der Waals surface area contributed by atoms with Crippen LogP contribution in [0.2, 0.25) is 0 Å². The van der Waals surface area contributed by atoms with E-state index in [1.54, 1.807) is 16.6 Å². The Balaban J connectivity index is 1.69. The fraction of sp³-hybridized carbons (Fsp3) is 0.706. The molecule has 7 heteroatoms. The van der Waals surface area contributed by atoms with Crippen LogP contribution in [-0.2, 0) is 23.0 Å². The van der Waals surface area contributed by atoms with Crippen molar-refractivity contribution in [2.75, 3.05) is 39.4 Å². The standard InChI is InChI=1S/C17H26N4O3/c1-4-13-9-15(19(3)18-13)17(23)21-10-12(2)14(11-21)16(22)20-5-7-24-8-6-20/h9,12,14H,4-8,10-11H2,1-3H3/t12-,14-/m1/s1. The number of carbonyl (C=O) groups is 2. The summed E-state index contributed by atoms with van der Waals surface area (Å²) in [5, 5.41) is 4.35. The molecule has 0 bridgehead atoms. The van der Waals surface area contributed by atoms with E-state index in [4.69, 9.17) is 4.74 Å². The van der Waals surface area contributed by atoms with Gasteiger partial charge in [0.2, 0.25) is 5.91 Å². The number of carbonyl (C=O) groups excluding carboxylic acids is 2. The van der Waals surface area contributed by atoms with E-state index >= 15 is 0 Å². The van der Waals surface area contributed by atoms with Gasteiger partial charge in [-0.1, -0.05) is 13.8 Å². The first-order chi connectivity index (χ1) is 11.5. The van der Waals surface area contributed by atoms with E-state index in [-0.39, 0.29) is 23.7 Å². The van der Waals surface area contributed by atoms with Crippen molar-refractivity contribution in [1.82, 2.24) is 19.6 Å². The van der Waals surface area contributed by atoms with Gasteiger partial charge in [-0.3, -0.25) is 14.3 Å². The molecule has 2 fully saturated rings. The van der Waals surface area contributed by atoms with Crippen molar-refractivity contribution in [3.05, 3.63) is 17.5 Å². The van der Waals surface area contributed by atoms with Crippen LogP contribution < -0.4 is 0 Å². The van der Waals surface area contributed by atoms with Crippen molar-refractivity contribution in [2.45, 2.75) is 20.3 Å². The molecule has 7 nitrogen and oxygen atoms in total. The fourth-order valence-electron chi connectivity index (χ4n) is 3.53. The first kappa shape index (κ1) is 17.0. The normalized spacial score (nSPS) is 24.5. The van der Waals surface area contributed by atoms with Gasteiger partial charge in [-0.25, -0.2) is 0 Å². The number of ether oxygens (including phenoxy) is 1. The molecule has 1 aromatic heterocycles. The van der Waals surface area contributed by atoms with E-state index in [0.717, 1.165) is 12.1 Å². The number of hydrogen-bond acceptors (Lipinski definition) is 4. The molecule has 0 unspecified atom stereocenters. The van der Waals surface area contributed by atoms with Crippen LogP contribution in [0.15, 0.2) is 6.07 Å². The monoisotopic (exact) mass is 334 g/mol. The Labute approximate surface area is 142 Å². The lowest BCUT2D eigenvalue weighted by Gasteiger charge is -2.30. The van der Waals surface area contributed by atoms with Gasteiger partial charge in [0.1, 0.15) is 5.69 Å². The highest BCUT2D eigenvalue weighted by atomic mass is 16.5. The van der Waals surface area contributed by atoms with Crippen LogP contribution in [-0.4, -0.2) is 70.8 Å². The zero-order valence-electron chi connectivity index (χ0n) is 14.7. The Morgan fingerprint density at radius 3 is 2.58 bits per heavy atom. The van der Waals surface area contributed by atoms with Crippen LogP contribution >= 0.6 is 0 Å². The van der Waals surface area contributed by atoms with Crippen molar-refractivity contribution in [1.29, 1.82) is 0 Å². The maximum Gasteiger partial charge on any atom is 0.272 e. The number of hydrogen-bond donors (Lipinski definition) is 0. The van der Waals surface area contributed by atoms with Gasteiger partial charge in [-0.05, 0) is 18.4 Å². The smallest absolute Gasteiger partial charge is 0.272 e. The van der Waals surface area contributed by atoms with E-state index in [2.05, 4.69) is 12.0 Å². The summed E-state index contributed by atoms with van der Waals surface area (Å²) in [6.07, 6.45) is 0.801. The fourth-order valence-corrected chi connectivity index (χ4v) is 3.53. The maximum absolute atomic E-state index is 12.8. The summed E-state index contributed by atoms with van der Waals surface area (Å²) >= 11 is 0. The number of nitrogens with zero attached hydrogens (tertiary/aromatic N) is 4. The van der Waals surface area contributed by atoms with Crippen molar-refractivity contribution in [2.24, 2.45) is 18.9 Å². The van der Waals surface area contributed by atoms with Gasteiger partial charge in [0, 0.05) is 33.2 Å². The Bertz CT molecular complexity index is 621. The van der Waals surface area contributed by atoms with Gasteiger partial charge in [0.25, 0.3) is 5.91 Å². The average Bonchev–Trinajstić information content (AvgIpc) is 3.17. The van der Waals surface area contributed by atoms with Gasteiger partial charge in [-0.2, -0.15) is 5.10 Å². The summed E-state index contributed by atoms with van der Waals surface area (Å²) in [6, 6.07) is 1.85. The summed E-state index contributed by atoms with van der Waals surface area (Å²) in [5.74, 6) is 0.170. The van der Waals surface area contributed by atoms with Crippen molar-refractivity contribution >= 4 is 11.8 Å². The molecule has 3 rings (SSSR count). The largest absolute Gasteiger partial charge is 0.378 e. The molecule has 2 saturated heterocycles. The molecule has 0 radical (unpaired) electrons. The molecule has 0 aromatic carbocycles. The van der Waals surface area contributed by atoms with E-state index in [9.17, 15) is 9.59 Å². The molecule has 0 N–H and O–H groups in total. The summed E-state index contributed by atoms with van der Waals surface area (Å²) in [7, 11) is 1.79. The van der Waals surface area contributed by atoms with Crippen molar-refractivity contribution in [3.8, 4) is 0 Å². The zero-order chi connectivity index (χ0) is 17.3. The minimum Gasteiger partial charge on any atom is -0.378 e. The Morgan fingerprint density at radius 1 is 1.25 bits per heavy atom. The van der Waals surface area contributed by atoms with Crippen molar-refractivity contribution < 1.29 is 14.3 Å². The van der Waals surface area contributed by atoms with Gasteiger partial charge in [0.05, 0.1) is 24.8 Å². The van der Waals surface area contributed by atoms with Gasteiger partial charge < -0.3 is 14.5 Å². The second-order valence-electron chi connectivity index (χ2n) is 6.73. The minimum atomic E-state index is -0.120. The van der Waals surface area contributed by atoms with Gasteiger partial charge in [0.15, 0.2) is 0 Å². The SMILES string of the molecule is CCc1cc(C(=O)N2C[C@@H](C)[C@H](C(=O)N3CCOCC3)C2)n(C)n1. The second-order valence-corrected chi connectivity index (χ2v) is 6.73. The summed E-state index contributed by atoms with van der Waals surface area (Å²) < 4.78 is 6.96. The highest BCUT2D eigenvalue weighted by Gasteiger charge is 2.40. The van der Waals surface area contributed by atoms with Gasteiger partial charge >= 0.3 is 0 Å². The summed E-state index contributed by atoms with van der Waals surface area (Å²) in [4.78, 5) is 29.2. The topological polar surface area (TPSA) is 67.7 Å². The Morgan fingerprint density at radius 2 is 1.96 bits per heavy atom. The lowest BCUT2D eigenvalue weighted by atomic mass is 9.96. The number of rotatable bonds is 3. The molecule has 0 spiro atoms. The number of likely N-dealkylation sites (tertiary alicyclic amines) is 1. The predicted molar refractivity (Wildman–Crippen MR) is 88.5 cm³/mol. The first-order valence-electron chi connectivity index (χ1n) is 8.70. The highest BCUT2D eigenvalue weighted by Crippen LogP contribution is 2.26. The molecule has 1 aromatic rings. The molecule has 2 atom stereocenters. The highest BCUT2D eigenvalue weighted by molar-refractivity contribution is 5.93. The molecule has 132 valence electrons. The average molecular weight is 334 g/mol. The van der Waals surface area contributed by atoms with Gasteiger partial charge in [-0.15, -0.1) is 0 Å². The molecule has 0 aliphatic carbocycles. The quantitative estimate of drug-likeness (QED) is 0.810. The number of aromatic nitrogens is 2.